The Kier molecular flexibility index (Phi) is 7.61. The number of pyridine rings is 1. The lowest BCUT2D eigenvalue weighted by atomic mass is 9.95. The molecule has 1 unspecified atom stereocenters. The number of nitrogens with two attached hydrogens (primary N) is 1. The van der Waals surface area contributed by atoms with E-state index in [1.807, 2.05) is 24.3 Å². The quantitative estimate of drug-likeness (QED) is 0.516. The Balaban J connectivity index is 1.53. The van der Waals surface area contributed by atoms with Gasteiger partial charge in [0.05, 0.1) is 24.9 Å². The highest BCUT2D eigenvalue weighted by Crippen LogP contribution is 2.27. The first-order valence-electron chi connectivity index (χ1n) is 11.1. The minimum atomic E-state index is -0.617. The number of nitrogens with one attached hydrogen (secondary N) is 1. The van der Waals surface area contributed by atoms with E-state index in [0.29, 0.717) is 18.8 Å². The standard InChI is InChI=1S/C26H26FN3O4/c27-23-15-29-9-8-24(23)30-26(32)19-6-7-20(14-28)22(13-19)18-4-1-3-17(11-18)12-25(31)34-21-5-2-10-33-16-21/h1,3-4,6-9,11,13,15,21H,2,5,10,12,14,16,28H2,(H,29,30,32). The maximum Gasteiger partial charge on any atom is 0.310 e. The van der Waals surface area contributed by atoms with E-state index < -0.39 is 11.7 Å². The van der Waals surface area contributed by atoms with Crippen LogP contribution in [0, 0.1) is 5.82 Å². The summed E-state index contributed by atoms with van der Waals surface area (Å²) < 4.78 is 24.8. The van der Waals surface area contributed by atoms with Crippen molar-refractivity contribution in [3.05, 3.63) is 83.4 Å². The molecule has 3 N–H and O–H groups in total. The number of amides is 1. The Bertz CT molecular complexity index is 1180. The van der Waals surface area contributed by atoms with E-state index in [0.717, 1.165) is 41.3 Å². The van der Waals surface area contributed by atoms with Gasteiger partial charge in [0.1, 0.15) is 6.10 Å². The summed E-state index contributed by atoms with van der Waals surface area (Å²) in [4.78, 5) is 28.8. The first-order chi connectivity index (χ1) is 16.5. The van der Waals surface area contributed by atoms with Gasteiger partial charge in [0, 0.05) is 24.9 Å². The van der Waals surface area contributed by atoms with Crippen molar-refractivity contribution >= 4 is 17.6 Å². The number of nitrogens with zero attached hydrogens (tertiary/aromatic N) is 1. The van der Waals surface area contributed by atoms with Crippen molar-refractivity contribution < 1.29 is 23.5 Å². The van der Waals surface area contributed by atoms with Crippen LogP contribution in [0.5, 0.6) is 0 Å². The van der Waals surface area contributed by atoms with Gasteiger partial charge in [-0.1, -0.05) is 30.3 Å². The third-order valence-corrected chi connectivity index (χ3v) is 5.62. The lowest BCUT2D eigenvalue weighted by molar-refractivity contribution is -0.154. The number of rotatable bonds is 7. The highest BCUT2D eigenvalue weighted by Gasteiger charge is 2.19. The minimum Gasteiger partial charge on any atom is -0.460 e. The monoisotopic (exact) mass is 463 g/mol. The van der Waals surface area contributed by atoms with Crippen molar-refractivity contribution in [3.8, 4) is 11.1 Å². The predicted octanol–water partition coefficient (Wildman–Crippen LogP) is 3.86. The van der Waals surface area contributed by atoms with Crippen molar-refractivity contribution in [1.29, 1.82) is 0 Å². The second-order valence-corrected chi connectivity index (χ2v) is 8.09. The molecule has 7 nitrogen and oxygen atoms in total. The molecule has 1 amide bonds. The van der Waals surface area contributed by atoms with Crippen LogP contribution >= 0.6 is 0 Å². The normalized spacial score (nSPS) is 15.5. The summed E-state index contributed by atoms with van der Waals surface area (Å²) in [6.07, 6.45) is 4.06. The molecule has 1 aliphatic rings. The highest BCUT2D eigenvalue weighted by molar-refractivity contribution is 6.05. The zero-order chi connectivity index (χ0) is 23.9. The Morgan fingerprint density at radius 1 is 1.21 bits per heavy atom. The van der Waals surface area contributed by atoms with Crippen LogP contribution in [0.3, 0.4) is 0 Å². The number of benzene rings is 2. The van der Waals surface area contributed by atoms with Gasteiger partial charge in [-0.2, -0.15) is 0 Å². The Hall–Kier alpha value is -3.62. The van der Waals surface area contributed by atoms with Crippen LogP contribution in [0.2, 0.25) is 0 Å². The zero-order valence-corrected chi connectivity index (χ0v) is 18.6. The molecule has 176 valence electrons. The molecule has 3 aromatic rings. The Labute approximate surface area is 197 Å². The summed E-state index contributed by atoms with van der Waals surface area (Å²) in [5.41, 5.74) is 9.55. The Morgan fingerprint density at radius 3 is 2.85 bits per heavy atom. The highest BCUT2D eigenvalue weighted by atomic mass is 19.1. The van der Waals surface area contributed by atoms with Gasteiger partial charge in [-0.3, -0.25) is 14.6 Å². The Morgan fingerprint density at radius 2 is 2.09 bits per heavy atom. The van der Waals surface area contributed by atoms with E-state index in [2.05, 4.69) is 10.3 Å². The number of carbonyl (C=O) groups is 2. The second kappa shape index (κ2) is 11.0. The van der Waals surface area contributed by atoms with Gasteiger partial charge in [0.15, 0.2) is 5.82 Å². The van der Waals surface area contributed by atoms with Crippen LogP contribution < -0.4 is 11.1 Å². The summed E-state index contributed by atoms with van der Waals surface area (Å²) in [5.74, 6) is -1.38. The summed E-state index contributed by atoms with van der Waals surface area (Å²) in [6.45, 7) is 1.40. The molecule has 0 bridgehead atoms. The van der Waals surface area contributed by atoms with Gasteiger partial charge >= 0.3 is 5.97 Å². The van der Waals surface area contributed by atoms with E-state index in [1.165, 1.54) is 12.3 Å². The van der Waals surface area contributed by atoms with E-state index in [4.69, 9.17) is 15.2 Å². The lowest BCUT2D eigenvalue weighted by Crippen LogP contribution is -2.28. The predicted molar refractivity (Wildman–Crippen MR) is 126 cm³/mol. The molecule has 34 heavy (non-hydrogen) atoms. The average molecular weight is 464 g/mol. The fourth-order valence-electron chi connectivity index (χ4n) is 3.88. The molecule has 0 saturated carbocycles. The SMILES string of the molecule is NCc1ccc(C(=O)Nc2ccncc2F)cc1-c1cccc(CC(=O)OC2CCCOC2)c1. The molecule has 4 rings (SSSR count). The number of esters is 1. The van der Waals surface area contributed by atoms with Crippen molar-refractivity contribution in [2.45, 2.75) is 31.9 Å². The first-order valence-corrected chi connectivity index (χ1v) is 11.1. The van der Waals surface area contributed by atoms with Crippen LogP contribution in [0.1, 0.15) is 34.3 Å². The molecule has 1 aromatic heterocycles. The number of anilines is 1. The fraction of sp³-hybridized carbons (Fsp3) is 0.269. The summed E-state index contributed by atoms with van der Waals surface area (Å²) in [5, 5.41) is 2.56. The summed E-state index contributed by atoms with van der Waals surface area (Å²) in [7, 11) is 0. The van der Waals surface area contributed by atoms with E-state index in [-0.39, 0.29) is 30.7 Å². The van der Waals surface area contributed by atoms with Gasteiger partial charge < -0.3 is 20.5 Å². The maximum atomic E-state index is 13.9. The third-order valence-electron chi connectivity index (χ3n) is 5.62. The van der Waals surface area contributed by atoms with Crippen molar-refractivity contribution in [1.82, 2.24) is 4.98 Å². The van der Waals surface area contributed by atoms with Crippen LogP contribution in [-0.2, 0) is 27.2 Å². The van der Waals surface area contributed by atoms with E-state index >= 15 is 0 Å². The molecule has 8 heteroatoms. The summed E-state index contributed by atoms with van der Waals surface area (Å²) >= 11 is 0. The van der Waals surface area contributed by atoms with Gasteiger partial charge in [0.25, 0.3) is 5.91 Å². The van der Waals surface area contributed by atoms with Crippen LogP contribution in [0.25, 0.3) is 11.1 Å². The number of carbonyl (C=O) groups excluding carboxylic acids is 2. The third kappa shape index (κ3) is 5.84. The van der Waals surface area contributed by atoms with Gasteiger partial charge in [-0.25, -0.2) is 4.39 Å². The lowest BCUT2D eigenvalue weighted by Gasteiger charge is -2.22. The van der Waals surface area contributed by atoms with Gasteiger partial charge in [-0.05, 0) is 53.3 Å². The topological polar surface area (TPSA) is 104 Å². The molecule has 1 aliphatic heterocycles. The van der Waals surface area contributed by atoms with Gasteiger partial charge in [0.2, 0.25) is 0 Å². The fourth-order valence-corrected chi connectivity index (χ4v) is 3.88. The molecular weight excluding hydrogens is 437 g/mol. The smallest absolute Gasteiger partial charge is 0.310 e. The molecule has 2 heterocycles. The van der Waals surface area contributed by atoms with Crippen molar-refractivity contribution in [2.75, 3.05) is 18.5 Å². The molecule has 1 fully saturated rings. The molecule has 0 aliphatic carbocycles. The molecule has 0 spiro atoms. The maximum absolute atomic E-state index is 13.9. The van der Waals surface area contributed by atoms with Gasteiger partial charge in [-0.15, -0.1) is 0 Å². The number of ether oxygens (including phenoxy) is 2. The van der Waals surface area contributed by atoms with Crippen LogP contribution in [0.15, 0.2) is 60.9 Å². The van der Waals surface area contributed by atoms with E-state index in [9.17, 15) is 14.0 Å². The second-order valence-electron chi connectivity index (χ2n) is 8.09. The number of hydrogen-bond acceptors (Lipinski definition) is 6. The molecular formula is C26H26FN3O4. The van der Waals surface area contributed by atoms with Crippen molar-refractivity contribution in [2.24, 2.45) is 5.73 Å². The molecule has 0 radical (unpaired) electrons. The van der Waals surface area contributed by atoms with Crippen LogP contribution in [-0.4, -0.2) is 36.2 Å². The average Bonchev–Trinajstić information content (AvgIpc) is 2.85. The first kappa shape index (κ1) is 23.5. The van der Waals surface area contributed by atoms with Crippen LogP contribution in [0.4, 0.5) is 10.1 Å². The largest absolute Gasteiger partial charge is 0.460 e. The molecule has 1 atom stereocenters. The van der Waals surface area contributed by atoms with Crippen molar-refractivity contribution in [3.63, 3.8) is 0 Å². The van der Waals surface area contributed by atoms with E-state index in [1.54, 1.807) is 18.2 Å². The number of halogens is 1. The molecule has 2 aromatic carbocycles. The number of aromatic nitrogens is 1. The number of hydrogen-bond donors (Lipinski definition) is 2. The molecule has 1 saturated heterocycles. The summed E-state index contributed by atoms with van der Waals surface area (Å²) in [6, 6.07) is 14.0. The minimum absolute atomic E-state index is 0.0494. The zero-order valence-electron chi connectivity index (χ0n) is 18.6.